The van der Waals surface area contributed by atoms with Crippen molar-refractivity contribution in [2.45, 2.75) is 42.4 Å². The van der Waals surface area contributed by atoms with Crippen LogP contribution in [0.25, 0.3) is 0 Å². The molecule has 3 aliphatic heterocycles. The molecule has 3 amide bonds. The van der Waals surface area contributed by atoms with Crippen LogP contribution in [0, 0.1) is 27.9 Å². The van der Waals surface area contributed by atoms with Crippen LogP contribution in [0.3, 0.4) is 0 Å². The van der Waals surface area contributed by atoms with Gasteiger partial charge in [0, 0.05) is 29.8 Å². The number of rotatable bonds is 14. The third kappa shape index (κ3) is 9.50. The Kier molecular flexibility index (Phi) is 14.4. The zero-order valence-electron chi connectivity index (χ0n) is 40.9. The lowest BCUT2D eigenvalue weighted by molar-refractivity contribution is -0.384. The van der Waals surface area contributed by atoms with Crippen molar-refractivity contribution in [2.24, 2.45) is 5.92 Å². The molecule has 0 bridgehead atoms. The van der Waals surface area contributed by atoms with Crippen molar-refractivity contribution in [2.75, 3.05) is 31.8 Å². The van der Waals surface area contributed by atoms with E-state index in [4.69, 9.17) is 18.9 Å². The summed E-state index contributed by atoms with van der Waals surface area (Å²) in [6, 6.07) is 47.6. The molecule has 382 valence electrons. The van der Waals surface area contributed by atoms with Gasteiger partial charge in [0.1, 0.15) is 42.3 Å². The number of esters is 1. The van der Waals surface area contributed by atoms with Gasteiger partial charge in [-0.25, -0.2) is 9.69 Å². The number of nitro benzene ring substituents is 1. The average Bonchev–Trinajstić information content (AvgIpc) is 4.16. The first-order valence-electron chi connectivity index (χ1n) is 24.5. The number of nitrogens with one attached hydrogen (secondary N) is 1. The number of anilines is 1. The van der Waals surface area contributed by atoms with Crippen molar-refractivity contribution in [1.29, 1.82) is 0 Å². The van der Waals surface area contributed by atoms with Gasteiger partial charge in [-0.05, 0) is 100 Å². The second kappa shape index (κ2) is 21.8. The second-order valence-corrected chi connectivity index (χ2v) is 18.4. The Morgan fingerprint density at radius 3 is 2.03 bits per heavy atom. The summed E-state index contributed by atoms with van der Waals surface area (Å²) < 4.78 is 23.6. The molecule has 7 aromatic carbocycles. The molecule has 2 fully saturated rings. The highest BCUT2D eigenvalue weighted by Gasteiger charge is 2.75. The highest BCUT2D eigenvalue weighted by atomic mass is 16.6. The number of carbonyl (C=O) groups excluding carboxylic acids is 4. The number of cyclic esters (lactones) is 1. The molecule has 1 spiro atoms. The number of fused-ring (bicyclic) bond motifs is 3. The Bertz CT molecular complexity index is 3330. The van der Waals surface area contributed by atoms with E-state index in [9.17, 15) is 25.1 Å². The molecule has 2 saturated heterocycles. The SMILES string of the molecule is COc1ccc(C#Cc2ccc3c(c2)[C@]2(C(=O)N3C(=O)OCc3ccc([N+](=O)[O-])cc3)[C@H](C(=O)NC[C@H](O)c3ccccc3)[C@H]3C(=O)O[C@H](c4ccccc4)[C@H](c4ccccc4)N3[C@@H]2c2ccc(OCCO)cc2)cc1. The third-order valence-corrected chi connectivity index (χ3v) is 14.1. The van der Waals surface area contributed by atoms with Crippen molar-refractivity contribution in [3.63, 3.8) is 0 Å². The Morgan fingerprint density at radius 1 is 0.763 bits per heavy atom. The van der Waals surface area contributed by atoms with E-state index in [0.717, 1.165) is 4.90 Å². The maximum Gasteiger partial charge on any atom is 0.421 e. The van der Waals surface area contributed by atoms with Crippen molar-refractivity contribution < 1.29 is 53.3 Å². The third-order valence-electron chi connectivity index (χ3n) is 14.1. The predicted octanol–water partition coefficient (Wildman–Crippen LogP) is 8.23. The van der Waals surface area contributed by atoms with E-state index in [-0.39, 0.29) is 36.7 Å². The van der Waals surface area contributed by atoms with Gasteiger partial charge in [0.25, 0.3) is 5.69 Å². The molecule has 10 rings (SSSR count). The number of hydrogen-bond acceptors (Lipinski definition) is 13. The Hall–Kier alpha value is -9.14. The standard InChI is InChI=1S/C60H50N4O12/c1-73-46-28-21-38(22-29-46)17-18-39-23-32-49-48(35-39)60(58(69)62(49)59(70)75-37-40-19-26-45(27-20-40)64(71)72)51(56(67)61-36-50(66)41-11-5-2-6-12-41)53-57(68)76-54(43-15-9-4-10-16-43)52(42-13-7-3-8-14-42)63(53)55(60)44-24-30-47(31-25-44)74-34-33-65/h2-16,19-32,35,50-55,65-66H,33-34,36-37H2,1H3,(H,61,67)/t50-,51-,52-,53-,54+,55+,60-/m0/s1. The number of aliphatic hydroxyl groups is 2. The highest BCUT2D eigenvalue weighted by Crippen LogP contribution is 2.66. The van der Waals surface area contributed by atoms with Crippen molar-refractivity contribution in [3.8, 4) is 23.3 Å². The van der Waals surface area contributed by atoms with Gasteiger partial charge in [-0.3, -0.25) is 29.4 Å². The minimum Gasteiger partial charge on any atom is -0.497 e. The Labute approximate surface area is 437 Å². The normalized spacial score (nSPS) is 20.8. The topological polar surface area (TPSA) is 207 Å². The zero-order chi connectivity index (χ0) is 52.9. The van der Waals surface area contributed by atoms with Gasteiger partial charge in [-0.2, -0.15) is 0 Å². The van der Waals surface area contributed by atoms with E-state index in [2.05, 4.69) is 17.2 Å². The quantitative estimate of drug-likeness (QED) is 0.0407. The van der Waals surface area contributed by atoms with E-state index in [0.29, 0.717) is 50.4 Å². The number of benzene rings is 7. The largest absolute Gasteiger partial charge is 0.497 e. The number of aliphatic hydroxyl groups excluding tert-OH is 2. The average molecular weight is 1020 g/mol. The Morgan fingerprint density at radius 2 is 1.38 bits per heavy atom. The number of ether oxygens (including phenoxy) is 4. The van der Waals surface area contributed by atoms with Gasteiger partial charge in [-0.15, -0.1) is 0 Å². The smallest absolute Gasteiger partial charge is 0.421 e. The van der Waals surface area contributed by atoms with E-state index in [1.54, 1.807) is 104 Å². The summed E-state index contributed by atoms with van der Waals surface area (Å²) in [5.74, 6) is 3.18. The highest BCUT2D eigenvalue weighted by molar-refractivity contribution is 6.23. The summed E-state index contributed by atoms with van der Waals surface area (Å²) in [6.07, 6.45) is -3.34. The van der Waals surface area contributed by atoms with Crippen LogP contribution in [-0.4, -0.2) is 76.8 Å². The zero-order valence-corrected chi connectivity index (χ0v) is 40.9. The van der Waals surface area contributed by atoms with Crippen molar-refractivity contribution in [3.05, 3.63) is 237 Å². The number of hydrogen-bond donors (Lipinski definition) is 3. The number of morpholine rings is 1. The molecule has 0 unspecified atom stereocenters. The molecule has 0 saturated carbocycles. The number of carbonyl (C=O) groups is 4. The first kappa shape index (κ1) is 50.4. The number of imide groups is 1. The maximum absolute atomic E-state index is 16.7. The van der Waals surface area contributed by atoms with Crippen LogP contribution in [0.2, 0.25) is 0 Å². The van der Waals surface area contributed by atoms with Crippen LogP contribution in [0.1, 0.15) is 68.8 Å². The van der Waals surface area contributed by atoms with Crippen LogP contribution < -0.4 is 19.7 Å². The lowest BCUT2D eigenvalue weighted by Gasteiger charge is -2.46. The lowest BCUT2D eigenvalue weighted by Crippen LogP contribution is -2.56. The minimum atomic E-state index is -2.20. The van der Waals surface area contributed by atoms with E-state index in [1.807, 2.05) is 65.6 Å². The Balaban J connectivity index is 1.22. The van der Waals surface area contributed by atoms with Gasteiger partial charge in [0.2, 0.25) is 11.8 Å². The van der Waals surface area contributed by atoms with Crippen molar-refractivity contribution >= 4 is 35.3 Å². The molecule has 0 aromatic heterocycles. The number of non-ortho nitro benzene ring substituents is 1. The number of methoxy groups -OCH3 is 1. The number of amides is 3. The summed E-state index contributed by atoms with van der Waals surface area (Å²) in [4.78, 5) is 76.7. The van der Waals surface area contributed by atoms with Gasteiger partial charge < -0.3 is 34.5 Å². The molecule has 7 aromatic rings. The maximum atomic E-state index is 16.7. The first-order valence-corrected chi connectivity index (χ1v) is 24.5. The van der Waals surface area contributed by atoms with Crippen LogP contribution >= 0.6 is 0 Å². The molecular formula is C60H50N4O12. The van der Waals surface area contributed by atoms with Gasteiger partial charge in [0.05, 0.1) is 48.4 Å². The van der Waals surface area contributed by atoms with Crippen LogP contribution in [-0.2, 0) is 35.9 Å². The van der Waals surface area contributed by atoms with Gasteiger partial charge >= 0.3 is 12.1 Å². The summed E-state index contributed by atoms with van der Waals surface area (Å²) in [5, 5.41) is 35.6. The molecule has 76 heavy (non-hydrogen) atoms. The summed E-state index contributed by atoms with van der Waals surface area (Å²) in [6.45, 7) is -0.999. The molecule has 16 nitrogen and oxygen atoms in total. The molecule has 16 heteroatoms. The van der Waals surface area contributed by atoms with Crippen LogP contribution in [0.4, 0.5) is 16.2 Å². The van der Waals surface area contributed by atoms with Gasteiger partial charge in [-0.1, -0.05) is 115 Å². The van der Waals surface area contributed by atoms with E-state index < -0.39 is 77.1 Å². The summed E-state index contributed by atoms with van der Waals surface area (Å²) >= 11 is 0. The van der Waals surface area contributed by atoms with E-state index in [1.165, 1.54) is 24.3 Å². The minimum absolute atomic E-state index is 0.0121. The van der Waals surface area contributed by atoms with E-state index >= 15 is 14.4 Å². The summed E-state index contributed by atoms with van der Waals surface area (Å²) in [7, 11) is 1.56. The first-order chi connectivity index (χ1) is 37.0. The summed E-state index contributed by atoms with van der Waals surface area (Å²) in [5.41, 5.74) is 1.52. The van der Waals surface area contributed by atoms with Crippen LogP contribution in [0.5, 0.6) is 11.5 Å². The molecule has 3 N–H and O–H groups in total. The molecule has 3 aliphatic rings. The fourth-order valence-electron chi connectivity index (χ4n) is 10.7. The number of nitro groups is 1. The molecular weight excluding hydrogens is 969 g/mol. The predicted molar refractivity (Wildman–Crippen MR) is 278 cm³/mol. The number of nitrogens with zero attached hydrogens (tertiary/aromatic N) is 3. The molecule has 0 radical (unpaired) electrons. The fraction of sp³-hybridized carbons (Fsp3) is 0.200. The lowest BCUT2D eigenvalue weighted by atomic mass is 9.65. The van der Waals surface area contributed by atoms with Crippen LogP contribution in [0.15, 0.2) is 182 Å². The molecule has 3 heterocycles. The van der Waals surface area contributed by atoms with Gasteiger partial charge in [0.15, 0.2) is 0 Å². The second-order valence-electron chi connectivity index (χ2n) is 18.4. The monoisotopic (exact) mass is 1020 g/mol. The van der Waals surface area contributed by atoms with Crippen molar-refractivity contribution in [1.82, 2.24) is 10.2 Å². The fourth-order valence-corrected chi connectivity index (χ4v) is 10.7. The molecule has 0 aliphatic carbocycles. The molecule has 7 atom stereocenters.